The van der Waals surface area contributed by atoms with Crippen molar-refractivity contribution in [3.8, 4) is 5.82 Å². The summed E-state index contributed by atoms with van der Waals surface area (Å²) in [5, 5.41) is 5.53. The van der Waals surface area contributed by atoms with Gasteiger partial charge in [0.15, 0.2) is 5.82 Å². The molecule has 1 atom stereocenters. The van der Waals surface area contributed by atoms with E-state index in [9.17, 15) is 4.79 Å². The zero-order valence-corrected chi connectivity index (χ0v) is 17.8. The summed E-state index contributed by atoms with van der Waals surface area (Å²) < 4.78 is 1.72. The van der Waals surface area contributed by atoms with Gasteiger partial charge in [0, 0.05) is 35.0 Å². The minimum Gasteiger partial charge on any atom is -0.361 e. The number of carbonyl (C=O) groups is 1. The van der Waals surface area contributed by atoms with Crippen LogP contribution in [0.2, 0.25) is 0 Å². The molecule has 6 nitrogen and oxygen atoms in total. The molecule has 0 aliphatic carbocycles. The molecule has 4 rings (SSSR count). The number of amides is 1. The lowest BCUT2D eigenvalue weighted by molar-refractivity contribution is 0.0975. The lowest BCUT2D eigenvalue weighted by Gasteiger charge is -2.30. The number of fused-ring (bicyclic) bond motifs is 1. The van der Waals surface area contributed by atoms with Crippen molar-refractivity contribution in [2.24, 2.45) is 5.92 Å². The first kappa shape index (κ1) is 19.9. The second-order valence-corrected chi connectivity index (χ2v) is 8.15. The van der Waals surface area contributed by atoms with Crippen LogP contribution in [-0.2, 0) is 0 Å². The van der Waals surface area contributed by atoms with E-state index in [1.807, 2.05) is 54.4 Å². The van der Waals surface area contributed by atoms with Crippen LogP contribution < -0.4 is 4.90 Å². The summed E-state index contributed by atoms with van der Waals surface area (Å²) in [6.45, 7) is 8.38. The molecule has 30 heavy (non-hydrogen) atoms. The molecule has 3 heterocycles. The first-order valence-corrected chi connectivity index (χ1v) is 10.3. The predicted octanol–water partition coefficient (Wildman–Crippen LogP) is 5.14. The molecule has 4 aromatic rings. The number of benzene rings is 1. The number of anilines is 1. The zero-order chi connectivity index (χ0) is 21.3. The van der Waals surface area contributed by atoms with Gasteiger partial charge in [-0.25, -0.2) is 9.67 Å². The van der Waals surface area contributed by atoms with Crippen LogP contribution in [0.1, 0.15) is 43.2 Å². The fraction of sp³-hybridized carbons (Fsp3) is 0.292. The summed E-state index contributed by atoms with van der Waals surface area (Å²) in [6.07, 6.45) is 6.20. The second kappa shape index (κ2) is 8.14. The van der Waals surface area contributed by atoms with E-state index < -0.39 is 0 Å². The molecule has 0 saturated heterocycles. The average molecular weight is 402 g/mol. The number of hydrogen-bond acceptors (Lipinski definition) is 3. The minimum atomic E-state index is -0.0438. The van der Waals surface area contributed by atoms with Gasteiger partial charge in [-0.05, 0) is 62.6 Å². The third-order valence-corrected chi connectivity index (χ3v) is 5.39. The highest BCUT2D eigenvalue weighted by Gasteiger charge is 2.27. The van der Waals surface area contributed by atoms with E-state index in [1.54, 1.807) is 17.1 Å². The van der Waals surface area contributed by atoms with Gasteiger partial charge in [-0.3, -0.25) is 4.79 Å². The topological polar surface area (TPSA) is 66.8 Å². The van der Waals surface area contributed by atoms with Crippen molar-refractivity contribution in [3.63, 3.8) is 0 Å². The normalized spacial score (nSPS) is 12.4. The van der Waals surface area contributed by atoms with Crippen LogP contribution >= 0.6 is 0 Å². The maximum Gasteiger partial charge on any atom is 0.262 e. The summed E-state index contributed by atoms with van der Waals surface area (Å²) in [4.78, 5) is 23.2. The number of rotatable bonds is 6. The molecule has 0 radical (unpaired) electrons. The number of pyridine rings is 1. The molecule has 154 valence electrons. The molecule has 0 saturated carbocycles. The summed E-state index contributed by atoms with van der Waals surface area (Å²) in [7, 11) is 0. The number of carbonyl (C=O) groups excluding carboxylic acids is 1. The van der Waals surface area contributed by atoms with Crippen molar-refractivity contribution in [3.05, 3.63) is 72.3 Å². The molecule has 0 spiro atoms. The first-order valence-electron chi connectivity index (χ1n) is 10.3. The molecule has 1 N–H and O–H groups in total. The number of nitrogens with one attached hydrogen (secondary N) is 1. The Morgan fingerprint density at radius 2 is 2.00 bits per heavy atom. The lowest BCUT2D eigenvalue weighted by atomic mass is 10.0. The number of hydrogen-bond donors (Lipinski definition) is 1. The van der Waals surface area contributed by atoms with E-state index >= 15 is 0 Å². The fourth-order valence-corrected chi connectivity index (χ4v) is 4.01. The molecule has 6 heteroatoms. The van der Waals surface area contributed by atoms with Crippen LogP contribution in [0.25, 0.3) is 16.7 Å². The van der Waals surface area contributed by atoms with E-state index in [0.717, 1.165) is 28.7 Å². The number of H-pyrrole nitrogens is 1. The van der Waals surface area contributed by atoms with Crippen molar-refractivity contribution in [1.82, 2.24) is 19.7 Å². The van der Waals surface area contributed by atoms with Gasteiger partial charge in [0.1, 0.15) is 0 Å². The van der Waals surface area contributed by atoms with Crippen LogP contribution in [0.5, 0.6) is 0 Å². The number of aromatic nitrogens is 4. The Morgan fingerprint density at radius 3 is 2.73 bits per heavy atom. The third kappa shape index (κ3) is 3.73. The third-order valence-electron chi connectivity index (χ3n) is 5.39. The van der Waals surface area contributed by atoms with Crippen molar-refractivity contribution in [2.75, 3.05) is 4.90 Å². The highest BCUT2D eigenvalue weighted by atomic mass is 16.2. The van der Waals surface area contributed by atoms with E-state index in [2.05, 4.69) is 41.9 Å². The molecule has 0 aliphatic heterocycles. The van der Waals surface area contributed by atoms with E-state index in [-0.39, 0.29) is 11.9 Å². The Balaban J connectivity index is 1.75. The van der Waals surface area contributed by atoms with Crippen molar-refractivity contribution >= 4 is 22.5 Å². The molecule has 3 aromatic heterocycles. The molecule has 1 amide bonds. The minimum absolute atomic E-state index is 0.0438. The van der Waals surface area contributed by atoms with Gasteiger partial charge in [-0.2, -0.15) is 5.10 Å². The summed E-state index contributed by atoms with van der Waals surface area (Å²) >= 11 is 0. The summed E-state index contributed by atoms with van der Waals surface area (Å²) in [6, 6.07) is 13.8. The first-order chi connectivity index (χ1) is 14.5. The molecule has 1 unspecified atom stereocenters. The largest absolute Gasteiger partial charge is 0.361 e. The monoisotopic (exact) mass is 401 g/mol. The van der Waals surface area contributed by atoms with Gasteiger partial charge >= 0.3 is 0 Å². The van der Waals surface area contributed by atoms with Crippen LogP contribution in [-0.4, -0.2) is 31.7 Å². The standard InChI is InChI=1S/C24H27N5O/c1-16(2)13-17(3)28(20-8-9-22-19(14-20)10-12-25-22)24(30)21-15-27-29(18(21)4)23-7-5-6-11-26-23/h5-12,14-17,25H,13H2,1-4H3. The van der Waals surface area contributed by atoms with E-state index in [0.29, 0.717) is 17.3 Å². The Kier molecular flexibility index (Phi) is 5.40. The molecule has 0 aliphatic rings. The fourth-order valence-electron chi connectivity index (χ4n) is 4.01. The Morgan fingerprint density at radius 1 is 1.17 bits per heavy atom. The van der Waals surface area contributed by atoms with Crippen molar-refractivity contribution in [2.45, 2.75) is 40.2 Å². The highest BCUT2D eigenvalue weighted by molar-refractivity contribution is 6.08. The van der Waals surface area contributed by atoms with Gasteiger partial charge in [-0.1, -0.05) is 19.9 Å². The maximum atomic E-state index is 13.8. The smallest absolute Gasteiger partial charge is 0.262 e. The molecule has 1 aromatic carbocycles. The van der Waals surface area contributed by atoms with Gasteiger partial charge in [-0.15, -0.1) is 0 Å². The second-order valence-electron chi connectivity index (χ2n) is 8.15. The Labute approximate surface area is 176 Å². The number of aromatic amines is 1. The van der Waals surface area contributed by atoms with E-state index in [1.165, 1.54) is 0 Å². The van der Waals surface area contributed by atoms with Gasteiger partial charge in [0.2, 0.25) is 0 Å². The van der Waals surface area contributed by atoms with Gasteiger partial charge in [0.25, 0.3) is 5.91 Å². The zero-order valence-electron chi connectivity index (χ0n) is 17.8. The maximum absolute atomic E-state index is 13.8. The summed E-state index contributed by atoms with van der Waals surface area (Å²) in [5.41, 5.74) is 3.32. The Hall–Kier alpha value is -3.41. The van der Waals surface area contributed by atoms with Crippen LogP contribution in [0.4, 0.5) is 5.69 Å². The molecular formula is C24H27N5O. The average Bonchev–Trinajstić information content (AvgIpc) is 3.34. The summed E-state index contributed by atoms with van der Waals surface area (Å²) in [5.74, 6) is 1.13. The predicted molar refractivity (Wildman–Crippen MR) is 120 cm³/mol. The number of nitrogens with zero attached hydrogens (tertiary/aromatic N) is 4. The molecule has 0 fully saturated rings. The van der Waals surface area contributed by atoms with Crippen LogP contribution in [0.15, 0.2) is 61.1 Å². The van der Waals surface area contributed by atoms with Gasteiger partial charge < -0.3 is 9.88 Å². The molecular weight excluding hydrogens is 374 g/mol. The van der Waals surface area contributed by atoms with Crippen LogP contribution in [0, 0.1) is 12.8 Å². The highest BCUT2D eigenvalue weighted by Crippen LogP contribution is 2.28. The van der Waals surface area contributed by atoms with Crippen molar-refractivity contribution in [1.29, 1.82) is 0 Å². The van der Waals surface area contributed by atoms with Crippen LogP contribution in [0.3, 0.4) is 0 Å². The quantitative estimate of drug-likeness (QED) is 0.486. The lowest BCUT2D eigenvalue weighted by Crippen LogP contribution is -2.39. The Bertz CT molecular complexity index is 1160. The SMILES string of the molecule is Cc1c(C(=O)N(c2ccc3[nH]ccc3c2)C(C)CC(C)C)cnn1-c1ccccn1. The molecule has 0 bridgehead atoms. The van der Waals surface area contributed by atoms with Crippen molar-refractivity contribution < 1.29 is 4.79 Å². The van der Waals surface area contributed by atoms with Gasteiger partial charge in [0.05, 0.1) is 17.5 Å². The van der Waals surface area contributed by atoms with E-state index in [4.69, 9.17) is 0 Å².